The number of likely N-dealkylation sites (tertiary alicyclic amines) is 2. The Hall–Kier alpha value is -8.19. The van der Waals surface area contributed by atoms with E-state index in [1.54, 1.807) is 32.9 Å². The third-order valence-electron chi connectivity index (χ3n) is 16.1. The van der Waals surface area contributed by atoms with Gasteiger partial charge in [0, 0.05) is 96.4 Å². The summed E-state index contributed by atoms with van der Waals surface area (Å²) in [6, 6.07) is 14.7. The van der Waals surface area contributed by atoms with Gasteiger partial charge in [-0.1, -0.05) is 29.8 Å². The van der Waals surface area contributed by atoms with Gasteiger partial charge in [-0.3, -0.25) is 77.8 Å². The molecule has 3 saturated heterocycles. The number of piperidine rings is 1. The molecular weight excluding hydrogens is 1160 g/mol. The van der Waals surface area contributed by atoms with Gasteiger partial charge in [0.25, 0.3) is 18.9 Å². The standard InChI is InChI=1S/C62H85FN12O14/c1-45-11-13-46(14-12-45)7-5-10-54(78)66-20-4-3-9-53(68-56(80)38-70-24-25-71(39-59(83)84)27-29-73(42-88-44-77)31-30-72(28-26-70)41-87-43-76)61(86)69-55(79)34-57(81)74-22-18-47(19-23-74)8-6-32-89-49-15-16-52-51(33-49)50(17-21-65-52)60(85)67-37-58(82)75-40-62(2,63)35-48(75)36-64/h11-17,21,33,43-44,47-48,53H,3-10,18-20,22-32,34-35,37-42H2,1-2H3,(H,66,78)(H,67,85)(H,68,80)(H,83,84)(H,69,79,86)/t48-,53+,62?/m1/s1. The van der Waals surface area contributed by atoms with E-state index < -0.39 is 72.1 Å². The van der Waals surface area contributed by atoms with Crippen molar-refractivity contribution in [2.24, 2.45) is 5.92 Å². The van der Waals surface area contributed by atoms with Crippen LogP contribution in [0.15, 0.2) is 54.7 Å². The van der Waals surface area contributed by atoms with E-state index in [1.807, 2.05) is 47.1 Å². The summed E-state index contributed by atoms with van der Waals surface area (Å²) in [4.78, 5) is 142. The number of amides is 7. The Labute approximate surface area is 518 Å². The fraction of sp³-hybridized carbons (Fsp3) is 0.581. The highest BCUT2D eigenvalue weighted by Crippen LogP contribution is 2.30. The monoisotopic (exact) mass is 1240 g/mol. The number of alkyl halides is 1. The van der Waals surface area contributed by atoms with Crippen LogP contribution in [0.3, 0.4) is 0 Å². The molecule has 2 aromatic carbocycles. The number of aryl methyl sites for hydroxylation is 2. The van der Waals surface area contributed by atoms with Gasteiger partial charge < -0.3 is 45.1 Å². The molecule has 89 heavy (non-hydrogen) atoms. The Morgan fingerprint density at radius 3 is 2.08 bits per heavy atom. The van der Waals surface area contributed by atoms with Crippen LogP contribution in [0.4, 0.5) is 4.39 Å². The van der Waals surface area contributed by atoms with Gasteiger partial charge in [-0.05, 0) is 107 Å². The predicted octanol–water partition coefficient (Wildman–Crippen LogP) is 1.92. The summed E-state index contributed by atoms with van der Waals surface area (Å²) in [5.41, 5.74) is 1.39. The number of rotatable bonds is 31. The average molecular weight is 1240 g/mol. The Kier molecular flexibility index (Phi) is 28.5. The molecule has 7 amide bonds. The summed E-state index contributed by atoms with van der Waals surface area (Å²) in [5, 5.41) is 30.2. The lowest BCUT2D eigenvalue weighted by atomic mass is 9.92. The van der Waals surface area contributed by atoms with E-state index in [9.17, 15) is 62.7 Å². The number of nitrogens with zero attached hydrogens (tertiary/aromatic N) is 8. The van der Waals surface area contributed by atoms with Gasteiger partial charge >= 0.3 is 5.97 Å². The number of carboxylic acids is 1. The van der Waals surface area contributed by atoms with E-state index in [2.05, 4.69) is 26.3 Å². The molecule has 27 heteroatoms. The van der Waals surface area contributed by atoms with Crippen molar-refractivity contribution in [3.63, 3.8) is 0 Å². The first-order valence-corrected chi connectivity index (χ1v) is 30.4. The van der Waals surface area contributed by atoms with Crippen molar-refractivity contribution < 1.29 is 71.7 Å². The Bertz CT molecular complexity index is 2920. The van der Waals surface area contributed by atoms with Gasteiger partial charge in [-0.15, -0.1) is 0 Å². The molecule has 3 aromatic rings. The zero-order valence-corrected chi connectivity index (χ0v) is 51.0. The summed E-state index contributed by atoms with van der Waals surface area (Å²) in [7, 11) is 0. The van der Waals surface area contributed by atoms with Crippen LogP contribution in [-0.2, 0) is 59.0 Å². The molecule has 4 heterocycles. The van der Waals surface area contributed by atoms with Crippen molar-refractivity contribution in [2.45, 2.75) is 109 Å². The quantitative estimate of drug-likeness (QED) is 0.0349. The number of imide groups is 1. The molecule has 0 radical (unpaired) electrons. The fourth-order valence-corrected chi connectivity index (χ4v) is 11.1. The maximum absolute atomic E-state index is 14.6. The average Bonchev–Trinajstić information content (AvgIpc) is 3.00. The highest BCUT2D eigenvalue weighted by Gasteiger charge is 2.43. The summed E-state index contributed by atoms with van der Waals surface area (Å²) in [6.45, 7) is 6.59. The molecule has 3 fully saturated rings. The summed E-state index contributed by atoms with van der Waals surface area (Å²) in [6.07, 6.45) is 6.27. The maximum Gasteiger partial charge on any atom is 0.317 e. The molecule has 3 aliphatic rings. The van der Waals surface area contributed by atoms with Crippen molar-refractivity contribution in [1.29, 1.82) is 5.26 Å². The van der Waals surface area contributed by atoms with E-state index in [1.165, 1.54) is 19.2 Å². The smallest absolute Gasteiger partial charge is 0.317 e. The normalized spacial score (nSPS) is 18.7. The zero-order valence-electron chi connectivity index (χ0n) is 51.0. The summed E-state index contributed by atoms with van der Waals surface area (Å²) in [5.74, 6) is -4.17. The van der Waals surface area contributed by atoms with Crippen LogP contribution in [0.25, 0.3) is 10.9 Å². The molecule has 0 bridgehead atoms. The predicted molar refractivity (Wildman–Crippen MR) is 322 cm³/mol. The summed E-state index contributed by atoms with van der Waals surface area (Å²) < 4.78 is 30.7. The Morgan fingerprint density at radius 2 is 1.44 bits per heavy atom. The molecule has 3 atom stereocenters. The molecule has 6 rings (SSSR count). The minimum atomic E-state index is -1.69. The highest BCUT2D eigenvalue weighted by molar-refractivity contribution is 6.07. The number of nitrogens with one attached hydrogen (secondary N) is 4. The van der Waals surface area contributed by atoms with Gasteiger partial charge in [0.1, 0.15) is 43.4 Å². The van der Waals surface area contributed by atoms with Crippen molar-refractivity contribution in [1.82, 2.24) is 55.7 Å². The highest BCUT2D eigenvalue weighted by atomic mass is 19.1. The number of aliphatic carboxylic acids is 1. The number of halogens is 1. The van der Waals surface area contributed by atoms with Gasteiger partial charge in [0.15, 0.2) is 0 Å². The molecule has 26 nitrogen and oxygen atoms in total. The first-order chi connectivity index (χ1) is 42.8. The number of hydrogen-bond donors (Lipinski definition) is 5. The van der Waals surface area contributed by atoms with E-state index in [0.29, 0.717) is 127 Å². The topological polar surface area (TPSA) is 323 Å². The number of aromatic nitrogens is 1. The number of fused-ring (bicyclic) bond motifs is 1. The maximum atomic E-state index is 14.6. The minimum Gasteiger partial charge on any atom is -0.494 e. The zero-order chi connectivity index (χ0) is 64.1. The molecule has 484 valence electrons. The van der Waals surface area contributed by atoms with Crippen molar-refractivity contribution in [3.05, 3.63) is 71.4 Å². The number of carbonyl (C=O) groups excluding carboxylic acids is 9. The summed E-state index contributed by atoms with van der Waals surface area (Å²) >= 11 is 0. The number of unbranched alkanes of at least 4 members (excludes halogenated alkanes) is 1. The fourth-order valence-electron chi connectivity index (χ4n) is 11.1. The number of carbonyl (C=O) groups is 10. The van der Waals surface area contributed by atoms with Crippen LogP contribution < -0.4 is 26.0 Å². The molecular formula is C62H85FN12O14. The third kappa shape index (κ3) is 24.4. The number of carboxylic acid groups (broad SMARTS) is 1. The number of pyridine rings is 1. The second kappa shape index (κ2) is 36.3. The molecule has 0 aliphatic carbocycles. The Balaban J connectivity index is 0.980. The van der Waals surface area contributed by atoms with Crippen molar-refractivity contribution >= 4 is 71.2 Å². The molecule has 3 aliphatic heterocycles. The van der Waals surface area contributed by atoms with Gasteiger partial charge in [-0.2, -0.15) is 5.26 Å². The van der Waals surface area contributed by atoms with Crippen LogP contribution in [0.2, 0.25) is 0 Å². The molecule has 0 spiro atoms. The van der Waals surface area contributed by atoms with Crippen LogP contribution in [0.5, 0.6) is 5.75 Å². The second-order valence-electron chi connectivity index (χ2n) is 23.2. The third-order valence-corrected chi connectivity index (χ3v) is 16.1. The van der Waals surface area contributed by atoms with Crippen LogP contribution in [-0.4, -0.2) is 236 Å². The lowest BCUT2D eigenvalue weighted by Gasteiger charge is -2.33. The lowest BCUT2D eigenvalue weighted by molar-refractivity contribution is -0.140. The lowest BCUT2D eigenvalue weighted by Crippen LogP contribution is -2.53. The number of nitriles is 1. The van der Waals surface area contributed by atoms with Crippen LogP contribution in [0, 0.1) is 24.2 Å². The van der Waals surface area contributed by atoms with Gasteiger partial charge in [0.2, 0.25) is 35.4 Å². The van der Waals surface area contributed by atoms with E-state index in [0.717, 1.165) is 28.9 Å². The number of benzene rings is 2. The molecule has 1 unspecified atom stereocenters. The van der Waals surface area contributed by atoms with Crippen LogP contribution >= 0.6 is 0 Å². The van der Waals surface area contributed by atoms with E-state index in [4.69, 9.17) is 14.2 Å². The van der Waals surface area contributed by atoms with Crippen LogP contribution in [0.1, 0.15) is 99.0 Å². The largest absolute Gasteiger partial charge is 0.494 e. The SMILES string of the molecule is Cc1ccc(CCCC(=O)NCCCC[C@H](NC(=O)CN2CCN(COC=O)CCN(COC=O)CCN(CC(=O)O)CC2)C(=O)NC(=O)CC(=O)N2CCC(CCCOc3ccc4nccc(C(=O)NCC(=O)N5CC(C)(F)C[C@@H]5C#N)c4c3)CC2)cc1. The number of hydrogen-bond acceptors (Lipinski definition) is 19. The molecule has 5 N–H and O–H groups in total. The van der Waals surface area contributed by atoms with Gasteiger partial charge in [-0.25, -0.2) is 4.39 Å². The minimum absolute atomic E-state index is 0.0317. The van der Waals surface area contributed by atoms with Crippen molar-refractivity contribution in [3.8, 4) is 11.8 Å². The molecule has 1 aromatic heterocycles. The van der Waals surface area contributed by atoms with E-state index >= 15 is 0 Å². The number of ether oxygens (including phenoxy) is 3. The van der Waals surface area contributed by atoms with E-state index in [-0.39, 0.29) is 89.5 Å². The second-order valence-corrected chi connectivity index (χ2v) is 23.2. The Morgan fingerprint density at radius 1 is 0.787 bits per heavy atom. The van der Waals surface area contributed by atoms with Crippen molar-refractivity contribution in [2.75, 3.05) is 118 Å². The molecule has 0 saturated carbocycles. The van der Waals surface area contributed by atoms with Gasteiger partial charge in [0.05, 0.1) is 49.9 Å². The first kappa shape index (κ1) is 69.9. The first-order valence-electron chi connectivity index (χ1n) is 30.4.